The first-order chi connectivity index (χ1) is 20.4. The summed E-state index contributed by atoms with van der Waals surface area (Å²) in [5, 5.41) is 8.87. The van der Waals surface area contributed by atoms with Gasteiger partial charge in [0.05, 0.1) is 36.1 Å². The van der Waals surface area contributed by atoms with E-state index in [1.165, 1.54) is 22.9 Å². The molecule has 0 atom stereocenters. The zero-order valence-electron chi connectivity index (χ0n) is 24.0. The van der Waals surface area contributed by atoms with E-state index in [-0.39, 0.29) is 11.4 Å². The highest BCUT2D eigenvalue weighted by atomic mass is 19.1. The Balaban J connectivity index is 1.08. The lowest BCUT2D eigenvalue weighted by Crippen LogP contribution is -2.44. The van der Waals surface area contributed by atoms with Crippen molar-refractivity contribution in [1.82, 2.24) is 34.1 Å². The minimum absolute atomic E-state index is 0.216. The van der Waals surface area contributed by atoms with Crippen LogP contribution in [0.2, 0.25) is 0 Å². The smallest absolute Gasteiger partial charge is 0.266 e. The van der Waals surface area contributed by atoms with Crippen molar-refractivity contribution in [3.8, 4) is 11.6 Å². The molecule has 11 heteroatoms. The Morgan fingerprint density at radius 3 is 2.74 bits per heavy atom. The Bertz CT molecular complexity index is 1760. The van der Waals surface area contributed by atoms with Crippen molar-refractivity contribution < 1.29 is 9.13 Å². The van der Waals surface area contributed by atoms with Crippen molar-refractivity contribution in [2.75, 3.05) is 58.2 Å². The zero-order valence-corrected chi connectivity index (χ0v) is 24.0. The van der Waals surface area contributed by atoms with Crippen molar-refractivity contribution in [2.24, 2.45) is 0 Å². The van der Waals surface area contributed by atoms with E-state index < -0.39 is 0 Å². The molecule has 0 radical (unpaired) electrons. The van der Waals surface area contributed by atoms with Gasteiger partial charge in [-0.1, -0.05) is 0 Å². The van der Waals surface area contributed by atoms with Crippen LogP contribution in [-0.4, -0.2) is 87.0 Å². The maximum Gasteiger partial charge on any atom is 0.266 e. The number of rotatable bonds is 10. The minimum Gasteiger partial charge on any atom is -0.492 e. The molecular weight excluding hydrogens is 535 g/mol. The van der Waals surface area contributed by atoms with Crippen LogP contribution in [0.4, 0.5) is 10.1 Å². The van der Waals surface area contributed by atoms with E-state index in [0.717, 1.165) is 66.8 Å². The van der Waals surface area contributed by atoms with Gasteiger partial charge >= 0.3 is 0 Å². The van der Waals surface area contributed by atoms with E-state index in [0.29, 0.717) is 36.8 Å². The van der Waals surface area contributed by atoms with Crippen LogP contribution in [0.5, 0.6) is 5.75 Å². The van der Waals surface area contributed by atoms with Gasteiger partial charge in [0, 0.05) is 69.2 Å². The maximum atomic E-state index is 14.0. The molecule has 4 aromatic heterocycles. The van der Waals surface area contributed by atoms with Gasteiger partial charge in [-0.25, -0.2) is 14.1 Å². The third-order valence-electron chi connectivity index (χ3n) is 7.74. The highest BCUT2D eigenvalue weighted by molar-refractivity contribution is 5.88. The number of benzene rings is 1. The van der Waals surface area contributed by atoms with Gasteiger partial charge < -0.3 is 19.9 Å². The van der Waals surface area contributed by atoms with E-state index in [2.05, 4.69) is 37.2 Å². The van der Waals surface area contributed by atoms with Crippen LogP contribution < -0.4 is 15.6 Å². The van der Waals surface area contributed by atoms with Crippen LogP contribution >= 0.6 is 0 Å². The molecule has 10 nitrogen and oxygen atoms in total. The summed E-state index contributed by atoms with van der Waals surface area (Å²) in [4.78, 5) is 26.5. The van der Waals surface area contributed by atoms with E-state index in [1.54, 1.807) is 24.5 Å². The molecule has 218 valence electrons. The third kappa shape index (κ3) is 6.12. The quantitative estimate of drug-likeness (QED) is 0.254. The third-order valence-corrected chi connectivity index (χ3v) is 7.74. The van der Waals surface area contributed by atoms with Crippen LogP contribution in [0, 0.1) is 12.7 Å². The Kier molecular flexibility index (Phi) is 8.11. The Morgan fingerprint density at radius 2 is 1.88 bits per heavy atom. The summed E-state index contributed by atoms with van der Waals surface area (Å²) in [7, 11) is 2.16. The number of aryl methyl sites for hydroxylation is 1. The SMILES string of the molecule is Cc1cn(-c2ccc(=O)n(CCNc3ccnc4cc(OCCCN5CCN(C)CC5)cnc34)n2)c2cc(F)ccc12. The van der Waals surface area contributed by atoms with Gasteiger partial charge in [-0.15, -0.1) is 0 Å². The van der Waals surface area contributed by atoms with E-state index in [4.69, 9.17) is 4.74 Å². The van der Waals surface area contributed by atoms with Crippen molar-refractivity contribution in [3.05, 3.63) is 82.8 Å². The summed E-state index contributed by atoms with van der Waals surface area (Å²) < 4.78 is 23.2. The molecule has 42 heavy (non-hydrogen) atoms. The molecule has 1 aliphatic rings. The molecule has 1 aromatic carbocycles. The van der Waals surface area contributed by atoms with Gasteiger partial charge in [-0.05, 0) is 56.3 Å². The summed E-state index contributed by atoms with van der Waals surface area (Å²) in [6.45, 7) is 8.85. The van der Waals surface area contributed by atoms with Crippen LogP contribution in [0.25, 0.3) is 27.8 Å². The number of likely N-dealkylation sites (N-methyl/N-ethyl adjacent to an activating group) is 1. The zero-order chi connectivity index (χ0) is 29.1. The molecule has 0 amide bonds. The molecule has 5 heterocycles. The van der Waals surface area contributed by atoms with Gasteiger partial charge in [0.25, 0.3) is 5.56 Å². The summed E-state index contributed by atoms with van der Waals surface area (Å²) in [6.07, 6.45) is 6.32. The standard InChI is InChI=1S/C31H35FN8O2/c1-22-21-39(28-18-23(32)4-5-25(22)28)29-6-7-30(41)40(36-29)12-10-34-26-8-9-33-27-19-24(20-35-31(26)27)42-17-3-11-38-15-13-37(2)14-16-38/h4-9,18-21H,3,10-17H2,1-2H3,(H,33,34). The summed E-state index contributed by atoms with van der Waals surface area (Å²) in [6, 6.07) is 11.6. The summed E-state index contributed by atoms with van der Waals surface area (Å²) >= 11 is 0. The minimum atomic E-state index is -0.322. The van der Waals surface area contributed by atoms with Gasteiger partial charge in [0.1, 0.15) is 17.1 Å². The lowest BCUT2D eigenvalue weighted by Gasteiger charge is -2.32. The molecule has 0 unspecified atom stereocenters. The molecule has 0 spiro atoms. The number of anilines is 1. The number of ether oxygens (including phenoxy) is 1. The number of hydrogen-bond donors (Lipinski definition) is 1. The number of hydrogen-bond acceptors (Lipinski definition) is 8. The highest BCUT2D eigenvalue weighted by Gasteiger charge is 2.14. The molecule has 1 aliphatic heterocycles. The number of fused-ring (bicyclic) bond motifs is 2. The van der Waals surface area contributed by atoms with Gasteiger partial charge in [0.15, 0.2) is 5.82 Å². The van der Waals surface area contributed by atoms with E-state index in [1.807, 2.05) is 29.8 Å². The van der Waals surface area contributed by atoms with Crippen LogP contribution in [-0.2, 0) is 6.54 Å². The topological polar surface area (TPSA) is 93.3 Å². The fourth-order valence-corrected chi connectivity index (χ4v) is 5.37. The average Bonchev–Trinajstić information content (AvgIpc) is 3.32. The second-order valence-electron chi connectivity index (χ2n) is 10.8. The lowest BCUT2D eigenvalue weighted by molar-refractivity contribution is 0.145. The van der Waals surface area contributed by atoms with Crippen LogP contribution in [0.1, 0.15) is 12.0 Å². The maximum absolute atomic E-state index is 14.0. The van der Waals surface area contributed by atoms with Gasteiger partial charge in [0.2, 0.25) is 0 Å². The van der Waals surface area contributed by atoms with Crippen molar-refractivity contribution in [1.29, 1.82) is 0 Å². The number of nitrogens with zero attached hydrogens (tertiary/aromatic N) is 7. The fraction of sp³-hybridized carbons (Fsp3) is 0.355. The molecule has 0 bridgehead atoms. The summed E-state index contributed by atoms with van der Waals surface area (Å²) in [5.74, 6) is 0.925. The molecule has 0 aliphatic carbocycles. The molecule has 5 aromatic rings. The molecule has 6 rings (SSSR count). The second kappa shape index (κ2) is 12.3. The monoisotopic (exact) mass is 570 g/mol. The first-order valence-electron chi connectivity index (χ1n) is 14.3. The molecular formula is C31H35FN8O2. The summed E-state index contributed by atoms with van der Waals surface area (Å²) in [5.41, 5.74) is 3.77. The van der Waals surface area contributed by atoms with E-state index in [9.17, 15) is 9.18 Å². The normalized spacial score (nSPS) is 14.5. The Hall–Kier alpha value is -4.35. The Morgan fingerprint density at radius 1 is 1.02 bits per heavy atom. The van der Waals surface area contributed by atoms with Gasteiger partial charge in [-0.3, -0.25) is 14.3 Å². The number of aromatic nitrogens is 5. The average molecular weight is 571 g/mol. The molecule has 1 fully saturated rings. The Labute approximate surface area is 243 Å². The predicted octanol–water partition coefficient (Wildman–Crippen LogP) is 3.71. The van der Waals surface area contributed by atoms with Crippen LogP contribution in [0.3, 0.4) is 0 Å². The number of piperazine rings is 1. The van der Waals surface area contributed by atoms with Gasteiger partial charge in [-0.2, -0.15) is 5.10 Å². The largest absolute Gasteiger partial charge is 0.492 e. The number of pyridine rings is 2. The van der Waals surface area contributed by atoms with E-state index >= 15 is 0 Å². The van der Waals surface area contributed by atoms with Crippen molar-refractivity contribution >= 4 is 27.6 Å². The predicted molar refractivity (Wildman–Crippen MR) is 162 cm³/mol. The highest BCUT2D eigenvalue weighted by Crippen LogP contribution is 2.25. The number of halogens is 1. The number of nitrogens with one attached hydrogen (secondary N) is 1. The lowest BCUT2D eigenvalue weighted by atomic mass is 10.2. The second-order valence-corrected chi connectivity index (χ2v) is 10.8. The molecule has 1 saturated heterocycles. The fourth-order valence-electron chi connectivity index (χ4n) is 5.37. The first-order valence-corrected chi connectivity index (χ1v) is 14.3. The molecule has 0 saturated carbocycles. The first kappa shape index (κ1) is 27.8. The van der Waals surface area contributed by atoms with Crippen LogP contribution in [0.15, 0.2) is 65.8 Å². The molecule has 1 N–H and O–H groups in total. The van der Waals surface area contributed by atoms with Crippen molar-refractivity contribution in [2.45, 2.75) is 19.9 Å². The van der Waals surface area contributed by atoms with Crippen molar-refractivity contribution in [3.63, 3.8) is 0 Å².